The molecule has 2 atom stereocenters. The summed E-state index contributed by atoms with van der Waals surface area (Å²) in [5, 5.41) is 0. The first-order chi connectivity index (χ1) is 8.56. The number of halogens is 1. The van der Waals surface area contributed by atoms with Crippen molar-refractivity contribution in [3.8, 4) is 0 Å². The van der Waals surface area contributed by atoms with Crippen molar-refractivity contribution in [2.45, 2.75) is 57.5 Å². The van der Waals surface area contributed by atoms with Gasteiger partial charge < -0.3 is 11.5 Å². The van der Waals surface area contributed by atoms with Crippen LogP contribution in [-0.2, 0) is 0 Å². The monoisotopic (exact) mass is 252 g/mol. The van der Waals surface area contributed by atoms with Crippen LogP contribution in [0.3, 0.4) is 0 Å². The first kappa shape index (κ1) is 15.1. The van der Waals surface area contributed by atoms with Crippen LogP contribution in [0.15, 0.2) is 24.3 Å². The zero-order valence-corrected chi connectivity index (χ0v) is 11.4. The van der Waals surface area contributed by atoms with Gasteiger partial charge in [0.25, 0.3) is 0 Å². The Morgan fingerprint density at radius 3 is 1.78 bits per heavy atom. The summed E-state index contributed by atoms with van der Waals surface area (Å²) >= 11 is 0. The highest BCUT2D eigenvalue weighted by Gasteiger charge is 2.17. The van der Waals surface area contributed by atoms with E-state index >= 15 is 0 Å². The average molecular weight is 252 g/mol. The Kier molecular flexibility index (Phi) is 6.30. The van der Waals surface area contributed by atoms with E-state index in [2.05, 4.69) is 13.8 Å². The molecule has 18 heavy (non-hydrogen) atoms. The molecule has 0 amide bonds. The third-order valence-corrected chi connectivity index (χ3v) is 3.56. The van der Waals surface area contributed by atoms with E-state index in [1.807, 2.05) is 12.1 Å². The Hall–Kier alpha value is -0.930. The molecule has 4 N–H and O–H groups in total. The minimum absolute atomic E-state index is 0.184. The first-order valence-corrected chi connectivity index (χ1v) is 6.83. The third-order valence-electron chi connectivity index (χ3n) is 3.56. The molecule has 1 aromatic rings. The summed E-state index contributed by atoms with van der Waals surface area (Å²) in [6.45, 7) is 4.18. The van der Waals surface area contributed by atoms with Gasteiger partial charge in [0.05, 0.1) is 0 Å². The van der Waals surface area contributed by atoms with Crippen molar-refractivity contribution in [1.82, 2.24) is 0 Å². The molecule has 0 heterocycles. The van der Waals surface area contributed by atoms with Gasteiger partial charge in [0, 0.05) is 12.1 Å². The van der Waals surface area contributed by atoms with Gasteiger partial charge >= 0.3 is 0 Å². The molecule has 102 valence electrons. The largest absolute Gasteiger partial charge is 0.328 e. The zero-order valence-electron chi connectivity index (χ0n) is 11.4. The fraction of sp³-hybridized carbons (Fsp3) is 0.600. The van der Waals surface area contributed by atoms with Crippen molar-refractivity contribution in [3.05, 3.63) is 35.6 Å². The van der Waals surface area contributed by atoms with Gasteiger partial charge in [-0.05, 0) is 49.3 Å². The molecular formula is C15H25FN2. The molecule has 0 saturated carbocycles. The van der Waals surface area contributed by atoms with Crippen LogP contribution in [0.2, 0.25) is 0 Å². The highest BCUT2D eigenvalue weighted by Crippen LogP contribution is 2.27. The molecule has 0 aliphatic carbocycles. The first-order valence-electron chi connectivity index (χ1n) is 6.83. The molecule has 2 nitrogen and oxygen atoms in total. The molecule has 0 spiro atoms. The van der Waals surface area contributed by atoms with Crippen LogP contribution >= 0.6 is 0 Å². The number of nitrogens with two attached hydrogens (primary N) is 2. The molecule has 2 unspecified atom stereocenters. The summed E-state index contributed by atoms with van der Waals surface area (Å²) < 4.78 is 13.0. The summed E-state index contributed by atoms with van der Waals surface area (Å²) in [5.41, 5.74) is 13.2. The highest BCUT2D eigenvalue weighted by molar-refractivity contribution is 5.21. The Bertz CT molecular complexity index is 325. The lowest BCUT2D eigenvalue weighted by Gasteiger charge is -2.23. The van der Waals surface area contributed by atoms with Crippen LogP contribution in [0.4, 0.5) is 4.39 Å². The Morgan fingerprint density at radius 2 is 1.39 bits per heavy atom. The molecule has 0 aliphatic rings. The Labute approximate surface area is 110 Å². The lowest BCUT2D eigenvalue weighted by atomic mass is 9.86. The van der Waals surface area contributed by atoms with Crippen LogP contribution in [0.25, 0.3) is 0 Å². The van der Waals surface area contributed by atoms with Crippen LogP contribution in [0.1, 0.15) is 51.0 Å². The van der Waals surface area contributed by atoms with Crippen LogP contribution in [-0.4, -0.2) is 12.1 Å². The minimum Gasteiger partial charge on any atom is -0.328 e. The second kappa shape index (κ2) is 7.49. The summed E-state index contributed by atoms with van der Waals surface area (Å²) in [5.74, 6) is 0.132. The number of hydrogen-bond acceptors (Lipinski definition) is 2. The number of rotatable bonds is 7. The second-order valence-electron chi connectivity index (χ2n) is 5.06. The smallest absolute Gasteiger partial charge is 0.123 e. The van der Waals surface area contributed by atoms with Crippen LogP contribution in [0, 0.1) is 5.82 Å². The normalized spacial score (nSPS) is 16.3. The Balaban J connectivity index is 2.78. The second-order valence-corrected chi connectivity index (χ2v) is 5.06. The van der Waals surface area contributed by atoms with E-state index in [4.69, 9.17) is 11.5 Å². The van der Waals surface area contributed by atoms with E-state index < -0.39 is 0 Å². The number of benzene rings is 1. The highest BCUT2D eigenvalue weighted by atomic mass is 19.1. The molecule has 0 radical (unpaired) electrons. The predicted octanol–water partition coefficient (Wildman–Crippen LogP) is 3.16. The molecule has 0 bridgehead atoms. The van der Waals surface area contributed by atoms with Crippen LogP contribution in [0.5, 0.6) is 0 Å². The van der Waals surface area contributed by atoms with E-state index in [9.17, 15) is 4.39 Å². The molecule has 0 aromatic heterocycles. The summed E-state index contributed by atoms with van der Waals surface area (Å²) in [7, 11) is 0. The van der Waals surface area contributed by atoms with Gasteiger partial charge in [-0.1, -0.05) is 26.0 Å². The Morgan fingerprint density at radius 1 is 0.944 bits per heavy atom. The lowest BCUT2D eigenvalue weighted by Crippen LogP contribution is -2.27. The quantitative estimate of drug-likeness (QED) is 0.783. The van der Waals surface area contributed by atoms with Gasteiger partial charge in [-0.2, -0.15) is 0 Å². The average Bonchev–Trinajstić information content (AvgIpc) is 2.38. The third kappa shape index (κ3) is 4.75. The summed E-state index contributed by atoms with van der Waals surface area (Å²) in [6.07, 6.45) is 3.74. The van der Waals surface area contributed by atoms with Crippen molar-refractivity contribution < 1.29 is 4.39 Å². The van der Waals surface area contributed by atoms with Crippen molar-refractivity contribution in [2.75, 3.05) is 0 Å². The van der Waals surface area contributed by atoms with Crippen LogP contribution < -0.4 is 11.5 Å². The number of hydrogen-bond donors (Lipinski definition) is 2. The standard InChI is InChI=1S/C15H25FN2/c1-3-14(17)9-12(10-15(18)4-2)11-5-7-13(16)8-6-11/h5-8,12,14-15H,3-4,9-10,17-18H2,1-2H3. The van der Waals surface area contributed by atoms with Gasteiger partial charge in [0.1, 0.15) is 5.82 Å². The maximum Gasteiger partial charge on any atom is 0.123 e. The lowest BCUT2D eigenvalue weighted by molar-refractivity contribution is 0.447. The van der Waals surface area contributed by atoms with Crippen molar-refractivity contribution in [3.63, 3.8) is 0 Å². The van der Waals surface area contributed by atoms with Gasteiger partial charge in [-0.15, -0.1) is 0 Å². The van der Waals surface area contributed by atoms with Gasteiger partial charge in [0.15, 0.2) is 0 Å². The molecule has 1 aromatic carbocycles. The van der Waals surface area contributed by atoms with Gasteiger partial charge in [-0.25, -0.2) is 4.39 Å². The van der Waals surface area contributed by atoms with Crippen molar-refractivity contribution in [1.29, 1.82) is 0 Å². The molecular weight excluding hydrogens is 227 g/mol. The fourth-order valence-electron chi connectivity index (χ4n) is 2.17. The molecule has 0 aliphatic heterocycles. The minimum atomic E-state index is -0.197. The molecule has 1 rings (SSSR count). The van der Waals surface area contributed by atoms with Crippen molar-refractivity contribution >= 4 is 0 Å². The fourth-order valence-corrected chi connectivity index (χ4v) is 2.17. The van der Waals surface area contributed by atoms with E-state index in [1.54, 1.807) is 0 Å². The summed E-state index contributed by atoms with van der Waals surface area (Å²) in [4.78, 5) is 0. The van der Waals surface area contributed by atoms with Gasteiger partial charge in [-0.3, -0.25) is 0 Å². The SMILES string of the molecule is CCC(N)CC(CC(N)CC)c1ccc(F)cc1. The maximum absolute atomic E-state index is 13.0. The molecule has 0 fully saturated rings. The van der Waals surface area contributed by atoms with E-state index in [0.29, 0.717) is 5.92 Å². The maximum atomic E-state index is 13.0. The van der Waals surface area contributed by atoms with E-state index in [0.717, 1.165) is 31.2 Å². The summed E-state index contributed by atoms with van der Waals surface area (Å²) in [6, 6.07) is 7.09. The predicted molar refractivity (Wildman–Crippen MR) is 74.9 cm³/mol. The van der Waals surface area contributed by atoms with E-state index in [1.165, 1.54) is 12.1 Å². The van der Waals surface area contributed by atoms with E-state index in [-0.39, 0.29) is 17.9 Å². The van der Waals surface area contributed by atoms with Gasteiger partial charge in [0.2, 0.25) is 0 Å². The molecule has 0 saturated heterocycles. The zero-order chi connectivity index (χ0) is 13.5. The van der Waals surface area contributed by atoms with Crippen molar-refractivity contribution in [2.24, 2.45) is 11.5 Å². The topological polar surface area (TPSA) is 52.0 Å². The molecule has 3 heteroatoms.